The van der Waals surface area contributed by atoms with Gasteiger partial charge >= 0.3 is 0 Å². The van der Waals surface area contributed by atoms with Crippen molar-refractivity contribution in [3.63, 3.8) is 0 Å². The van der Waals surface area contributed by atoms with Crippen molar-refractivity contribution in [3.05, 3.63) is 115 Å². The molecule has 0 aromatic heterocycles. The van der Waals surface area contributed by atoms with Crippen molar-refractivity contribution in [3.8, 4) is 22.6 Å². The van der Waals surface area contributed by atoms with Crippen molar-refractivity contribution in [2.24, 2.45) is 0 Å². The van der Waals surface area contributed by atoms with E-state index in [-0.39, 0.29) is 11.3 Å². The minimum atomic E-state index is -2.80. The first kappa shape index (κ1) is 28.6. The molecule has 0 radical (unpaired) electrons. The second kappa shape index (κ2) is 12.1. The Balaban J connectivity index is 1.41. The fraction of sp³-hybridized carbons (Fsp3) is 0.286. The van der Waals surface area contributed by atoms with Gasteiger partial charge in [0.1, 0.15) is 18.6 Å². The maximum Gasteiger partial charge on any atom is 0.135 e. The second-order valence-electron chi connectivity index (χ2n) is 13.2. The van der Waals surface area contributed by atoms with E-state index in [0.717, 1.165) is 64.4 Å². The average Bonchev–Trinajstić information content (AvgIpc) is 3.11. The van der Waals surface area contributed by atoms with E-state index in [4.69, 9.17) is 4.74 Å². The Morgan fingerprint density at radius 2 is 1.00 bits per heavy atom. The van der Waals surface area contributed by atoms with Gasteiger partial charge in [0.15, 0.2) is 0 Å². The Labute approximate surface area is 266 Å². The van der Waals surface area contributed by atoms with Crippen molar-refractivity contribution in [2.45, 2.75) is 75.5 Å². The molecule has 2 aliphatic carbocycles. The highest BCUT2D eigenvalue weighted by atomic mass is 31.2. The molecule has 2 nitrogen and oxygen atoms in total. The third-order valence-corrected chi connectivity index (χ3v) is 14.9. The van der Waals surface area contributed by atoms with E-state index >= 15 is 4.57 Å². The van der Waals surface area contributed by atoms with Gasteiger partial charge in [0, 0.05) is 27.7 Å². The first-order valence-electron chi connectivity index (χ1n) is 17.0. The predicted molar refractivity (Wildman–Crippen MR) is 192 cm³/mol. The molecule has 6 aromatic rings. The zero-order valence-corrected chi connectivity index (χ0v) is 26.9. The predicted octanol–water partition coefficient (Wildman–Crippen LogP) is 12.3. The van der Waals surface area contributed by atoms with E-state index < -0.39 is 7.14 Å². The van der Waals surface area contributed by atoms with Gasteiger partial charge in [0.25, 0.3) is 0 Å². The van der Waals surface area contributed by atoms with Crippen LogP contribution >= 0.6 is 7.14 Å². The molecule has 2 fully saturated rings. The number of benzene rings is 6. The number of rotatable bonds is 6. The highest BCUT2D eigenvalue weighted by molar-refractivity contribution is 7.73. The number of hydrogen-bond acceptors (Lipinski definition) is 2. The third kappa shape index (κ3) is 5.18. The normalized spacial score (nSPS) is 16.8. The van der Waals surface area contributed by atoms with E-state index in [2.05, 4.69) is 115 Å². The molecular formula is C42H41O2P. The van der Waals surface area contributed by atoms with Crippen molar-refractivity contribution in [2.75, 3.05) is 0 Å². The number of hydrogen-bond donors (Lipinski definition) is 0. The van der Waals surface area contributed by atoms with Crippen LogP contribution in [0.15, 0.2) is 115 Å². The summed E-state index contributed by atoms with van der Waals surface area (Å²) in [6.07, 6.45) is 11.6. The molecule has 0 heterocycles. The largest absolute Gasteiger partial charge is 0.457 e. The molecule has 2 saturated carbocycles. The minimum Gasteiger partial charge on any atom is -0.457 e. The van der Waals surface area contributed by atoms with E-state index in [0.29, 0.717) is 0 Å². The van der Waals surface area contributed by atoms with Crippen molar-refractivity contribution < 1.29 is 9.30 Å². The van der Waals surface area contributed by atoms with Crippen LogP contribution in [0.5, 0.6) is 11.5 Å². The van der Waals surface area contributed by atoms with Gasteiger partial charge in [0.2, 0.25) is 0 Å². The summed E-state index contributed by atoms with van der Waals surface area (Å²) in [7, 11) is -2.80. The van der Waals surface area contributed by atoms with Crippen LogP contribution in [-0.4, -0.2) is 11.3 Å². The molecule has 3 heteroatoms. The summed E-state index contributed by atoms with van der Waals surface area (Å²) >= 11 is 0. The van der Waals surface area contributed by atoms with Gasteiger partial charge in [-0.2, -0.15) is 0 Å². The standard InChI is InChI=1S/C42H41O2P/c43-45(35-17-3-1-4-18-35,36-19-5-2-6-20-36)40-28-25-32-15-10-12-22-38(32)42(40)41-37-21-11-9-14-31(37)24-27-39(41)44-34-26-23-30-13-7-8-16-33(30)29-34/h7-16,21-29,35-36H,1-6,17-20H2. The highest BCUT2D eigenvalue weighted by Crippen LogP contribution is 2.64. The second-order valence-corrected chi connectivity index (χ2v) is 16.6. The zero-order chi connectivity index (χ0) is 30.2. The zero-order valence-electron chi connectivity index (χ0n) is 26.0. The van der Waals surface area contributed by atoms with Gasteiger partial charge in [-0.15, -0.1) is 0 Å². The summed E-state index contributed by atoms with van der Waals surface area (Å²) in [5.41, 5.74) is 2.71. The fourth-order valence-corrected chi connectivity index (χ4v) is 12.9. The van der Waals surface area contributed by atoms with Crippen LogP contribution < -0.4 is 10.0 Å². The summed E-state index contributed by atoms with van der Waals surface area (Å²) in [5, 5.41) is 8.11. The van der Waals surface area contributed by atoms with Crippen molar-refractivity contribution >= 4 is 44.8 Å². The van der Waals surface area contributed by atoms with E-state index in [1.54, 1.807) is 0 Å². The molecule has 0 N–H and O–H groups in total. The molecule has 6 aromatic carbocycles. The molecule has 0 atom stereocenters. The summed E-state index contributed by atoms with van der Waals surface area (Å²) in [5.74, 6) is 1.63. The van der Waals surface area contributed by atoms with Gasteiger partial charge in [-0.25, -0.2) is 0 Å². The van der Waals surface area contributed by atoms with Gasteiger partial charge < -0.3 is 9.30 Å². The first-order valence-corrected chi connectivity index (χ1v) is 18.9. The van der Waals surface area contributed by atoms with E-state index in [1.807, 2.05) is 0 Å². The molecule has 0 unspecified atom stereocenters. The Bertz CT molecular complexity index is 2030. The summed E-state index contributed by atoms with van der Waals surface area (Å²) < 4.78 is 23.2. The Kier molecular flexibility index (Phi) is 7.72. The SMILES string of the molecule is O=P(c1ccc2ccccc2c1-c1c(Oc2ccc3ccccc3c2)ccc2ccccc12)(C1CCCCC1)C1CCCCC1. The van der Waals surface area contributed by atoms with Crippen LogP contribution in [0.2, 0.25) is 0 Å². The molecule has 2 aliphatic rings. The Morgan fingerprint density at radius 1 is 0.489 bits per heavy atom. The Morgan fingerprint density at radius 3 is 1.64 bits per heavy atom. The monoisotopic (exact) mass is 608 g/mol. The van der Waals surface area contributed by atoms with E-state index in [9.17, 15) is 0 Å². The lowest BCUT2D eigenvalue weighted by Crippen LogP contribution is -2.30. The number of ether oxygens (including phenoxy) is 1. The topological polar surface area (TPSA) is 26.3 Å². The lowest BCUT2D eigenvalue weighted by atomic mass is 9.93. The molecule has 226 valence electrons. The molecule has 45 heavy (non-hydrogen) atoms. The Hall–Kier alpha value is -3.87. The van der Waals surface area contributed by atoms with Crippen LogP contribution in [0.3, 0.4) is 0 Å². The van der Waals surface area contributed by atoms with Crippen molar-refractivity contribution in [1.82, 2.24) is 0 Å². The molecule has 8 rings (SSSR count). The summed E-state index contributed by atoms with van der Waals surface area (Å²) in [6, 6.07) is 40.9. The molecule has 0 saturated heterocycles. The van der Waals surface area contributed by atoms with Gasteiger partial charge in [-0.1, -0.05) is 136 Å². The highest BCUT2D eigenvalue weighted by Gasteiger charge is 2.44. The van der Waals surface area contributed by atoms with Gasteiger partial charge in [-0.3, -0.25) is 0 Å². The smallest absolute Gasteiger partial charge is 0.135 e. The minimum absolute atomic E-state index is 0.258. The van der Waals surface area contributed by atoms with Gasteiger partial charge in [-0.05, 0) is 76.2 Å². The third-order valence-electron chi connectivity index (χ3n) is 10.6. The fourth-order valence-electron chi connectivity index (χ4n) is 8.39. The quantitative estimate of drug-likeness (QED) is 0.176. The summed E-state index contributed by atoms with van der Waals surface area (Å²) in [4.78, 5) is 0. The van der Waals surface area contributed by atoms with Crippen LogP contribution in [0, 0.1) is 0 Å². The molecular weight excluding hydrogens is 567 g/mol. The van der Waals surface area contributed by atoms with Crippen LogP contribution in [0.1, 0.15) is 64.2 Å². The van der Waals surface area contributed by atoms with Crippen LogP contribution in [0.25, 0.3) is 43.4 Å². The summed E-state index contributed by atoms with van der Waals surface area (Å²) in [6.45, 7) is 0. The molecule has 0 amide bonds. The lowest BCUT2D eigenvalue weighted by molar-refractivity contribution is 0.453. The maximum absolute atomic E-state index is 16.3. The van der Waals surface area contributed by atoms with E-state index in [1.165, 1.54) is 60.1 Å². The van der Waals surface area contributed by atoms with Crippen LogP contribution in [0.4, 0.5) is 0 Å². The lowest BCUT2D eigenvalue weighted by Gasteiger charge is -2.39. The maximum atomic E-state index is 16.3. The average molecular weight is 609 g/mol. The van der Waals surface area contributed by atoms with Crippen molar-refractivity contribution in [1.29, 1.82) is 0 Å². The van der Waals surface area contributed by atoms with Gasteiger partial charge in [0.05, 0.1) is 0 Å². The molecule has 0 spiro atoms. The number of fused-ring (bicyclic) bond motifs is 3. The first-order chi connectivity index (χ1) is 22.2. The molecule has 0 bridgehead atoms. The van der Waals surface area contributed by atoms with Crippen LogP contribution in [-0.2, 0) is 4.57 Å². The molecule has 0 aliphatic heterocycles.